The van der Waals surface area contributed by atoms with Crippen LogP contribution < -0.4 is 9.80 Å². The number of carbonyl (C=O) groups is 2. The largest absolute Gasteiger partial charge is 0.368 e. The number of fused-ring (bicyclic) bond motifs is 1. The Kier molecular flexibility index (Phi) is 6.42. The molecule has 0 bridgehead atoms. The van der Waals surface area contributed by atoms with Crippen LogP contribution in [0.4, 0.5) is 11.4 Å². The first-order valence-electron chi connectivity index (χ1n) is 12.0. The van der Waals surface area contributed by atoms with Gasteiger partial charge in [0.1, 0.15) is 0 Å². The van der Waals surface area contributed by atoms with Crippen molar-refractivity contribution in [1.29, 1.82) is 0 Å². The zero-order valence-corrected chi connectivity index (χ0v) is 20.2. The van der Waals surface area contributed by atoms with Crippen molar-refractivity contribution in [3.63, 3.8) is 0 Å². The molecule has 0 saturated carbocycles. The zero-order valence-electron chi connectivity index (χ0n) is 19.5. The van der Waals surface area contributed by atoms with Crippen LogP contribution in [0.25, 0.3) is 10.9 Å². The number of carbonyl (C=O) groups excluding carboxylic acids is 2. The second kappa shape index (κ2) is 9.63. The second-order valence-electron chi connectivity index (χ2n) is 9.11. The van der Waals surface area contributed by atoms with Crippen molar-refractivity contribution in [3.05, 3.63) is 64.8 Å². The topological polar surface area (TPSA) is 56.8 Å². The fourth-order valence-electron chi connectivity index (χ4n) is 5.01. The number of aromatic nitrogens is 1. The van der Waals surface area contributed by atoms with Gasteiger partial charge in [-0.25, -0.2) is 0 Å². The van der Waals surface area contributed by atoms with E-state index in [0.717, 1.165) is 80.0 Å². The van der Waals surface area contributed by atoms with Crippen LogP contribution in [0.2, 0.25) is 5.02 Å². The van der Waals surface area contributed by atoms with Gasteiger partial charge in [0.25, 0.3) is 5.91 Å². The van der Waals surface area contributed by atoms with Crippen molar-refractivity contribution in [3.8, 4) is 0 Å². The monoisotopic (exact) mass is 476 g/mol. The first-order valence-corrected chi connectivity index (χ1v) is 12.4. The van der Waals surface area contributed by atoms with E-state index in [9.17, 15) is 9.59 Å². The fraction of sp³-hybridized carbons (Fsp3) is 0.370. The molecule has 0 atom stereocenters. The molecule has 0 spiro atoms. The Bertz CT molecular complexity index is 1210. The molecule has 0 aliphatic carbocycles. The normalized spacial score (nSPS) is 16.7. The summed E-state index contributed by atoms with van der Waals surface area (Å²) in [6.07, 6.45) is 5.02. The molecular weight excluding hydrogens is 448 g/mol. The van der Waals surface area contributed by atoms with Gasteiger partial charge >= 0.3 is 0 Å². The van der Waals surface area contributed by atoms with Crippen LogP contribution in [0.5, 0.6) is 0 Å². The van der Waals surface area contributed by atoms with Gasteiger partial charge in [-0.2, -0.15) is 0 Å². The summed E-state index contributed by atoms with van der Waals surface area (Å²) < 4.78 is 0. The van der Waals surface area contributed by atoms with Gasteiger partial charge in [-0.1, -0.05) is 11.6 Å². The summed E-state index contributed by atoms with van der Waals surface area (Å²) in [5.74, 6) is 0.136. The Labute approximate surface area is 205 Å². The van der Waals surface area contributed by atoms with Crippen LogP contribution in [-0.4, -0.2) is 60.8 Å². The molecular formula is C27H29ClN4O2. The highest BCUT2D eigenvalue weighted by Gasteiger charge is 2.27. The number of hydrogen-bond donors (Lipinski definition) is 0. The van der Waals surface area contributed by atoms with Crippen molar-refractivity contribution in [1.82, 2.24) is 9.88 Å². The van der Waals surface area contributed by atoms with Crippen molar-refractivity contribution in [2.45, 2.75) is 26.2 Å². The van der Waals surface area contributed by atoms with Gasteiger partial charge < -0.3 is 14.7 Å². The molecule has 176 valence electrons. The molecule has 2 aliphatic heterocycles. The van der Waals surface area contributed by atoms with Crippen LogP contribution in [0.3, 0.4) is 0 Å². The summed E-state index contributed by atoms with van der Waals surface area (Å²) in [5, 5.41) is 1.57. The Morgan fingerprint density at radius 2 is 1.53 bits per heavy atom. The Morgan fingerprint density at radius 1 is 0.853 bits per heavy atom. The van der Waals surface area contributed by atoms with E-state index in [2.05, 4.69) is 14.8 Å². The van der Waals surface area contributed by atoms with Gasteiger partial charge in [0.2, 0.25) is 0 Å². The van der Waals surface area contributed by atoms with E-state index in [1.54, 1.807) is 13.1 Å². The lowest BCUT2D eigenvalue weighted by Crippen LogP contribution is -2.47. The molecule has 3 heterocycles. The van der Waals surface area contributed by atoms with Crippen LogP contribution >= 0.6 is 11.6 Å². The van der Waals surface area contributed by atoms with Gasteiger partial charge in [0.15, 0.2) is 5.78 Å². The van der Waals surface area contributed by atoms with Gasteiger partial charge in [-0.05, 0) is 68.7 Å². The molecule has 0 N–H and O–H groups in total. The van der Waals surface area contributed by atoms with Gasteiger partial charge in [-0.3, -0.25) is 14.6 Å². The van der Waals surface area contributed by atoms with Crippen LogP contribution in [0.15, 0.2) is 48.7 Å². The SMILES string of the molecule is CC(=O)c1ccc(N2CCN(c3c(C(=O)N4CCCCC4)cnc4ccc(Cl)cc34)CC2)cc1. The number of benzene rings is 2. The van der Waals surface area contributed by atoms with Gasteiger partial charge in [0.05, 0.1) is 16.8 Å². The van der Waals surface area contributed by atoms with Crippen molar-refractivity contribution < 1.29 is 9.59 Å². The molecule has 2 saturated heterocycles. The van der Waals surface area contributed by atoms with Crippen molar-refractivity contribution >= 4 is 45.6 Å². The fourth-order valence-corrected chi connectivity index (χ4v) is 5.18. The first-order chi connectivity index (χ1) is 16.5. The molecule has 1 aromatic heterocycles. The molecule has 5 rings (SSSR count). The number of anilines is 2. The van der Waals surface area contributed by atoms with E-state index < -0.39 is 0 Å². The summed E-state index contributed by atoms with van der Waals surface area (Å²) in [5.41, 5.74) is 4.28. The summed E-state index contributed by atoms with van der Waals surface area (Å²) in [6, 6.07) is 13.5. The minimum absolute atomic E-state index is 0.0614. The summed E-state index contributed by atoms with van der Waals surface area (Å²) >= 11 is 6.37. The maximum absolute atomic E-state index is 13.6. The average Bonchev–Trinajstić information content (AvgIpc) is 2.88. The van der Waals surface area contributed by atoms with E-state index in [-0.39, 0.29) is 11.7 Å². The number of likely N-dealkylation sites (tertiary alicyclic amines) is 1. The number of hydrogen-bond acceptors (Lipinski definition) is 5. The second-order valence-corrected chi connectivity index (χ2v) is 9.55. The third kappa shape index (κ3) is 4.47. The molecule has 0 unspecified atom stereocenters. The molecule has 2 aromatic carbocycles. The first kappa shape index (κ1) is 22.7. The molecule has 2 fully saturated rings. The lowest BCUT2D eigenvalue weighted by molar-refractivity contribution is 0.0724. The van der Waals surface area contributed by atoms with Gasteiger partial charge in [-0.15, -0.1) is 0 Å². The van der Waals surface area contributed by atoms with E-state index >= 15 is 0 Å². The third-order valence-electron chi connectivity index (χ3n) is 6.91. The number of pyridine rings is 1. The zero-order chi connectivity index (χ0) is 23.7. The highest BCUT2D eigenvalue weighted by Crippen LogP contribution is 2.34. The number of piperazine rings is 1. The number of nitrogens with zero attached hydrogens (tertiary/aromatic N) is 4. The van der Waals surface area contributed by atoms with Crippen LogP contribution in [0.1, 0.15) is 46.9 Å². The number of rotatable bonds is 4. The minimum Gasteiger partial charge on any atom is -0.368 e. The standard InChI is InChI=1S/C27H29ClN4O2/c1-19(33)20-5-8-22(9-6-20)30-13-15-31(16-14-30)26-23-17-21(28)7-10-25(23)29-18-24(26)27(34)32-11-3-2-4-12-32/h5-10,17-18H,2-4,11-16H2,1H3. The van der Waals surface area contributed by atoms with E-state index in [1.807, 2.05) is 47.4 Å². The lowest BCUT2D eigenvalue weighted by atomic mass is 10.0. The molecule has 6 nitrogen and oxygen atoms in total. The molecule has 0 radical (unpaired) electrons. The van der Waals surface area contributed by atoms with E-state index in [4.69, 9.17) is 11.6 Å². The molecule has 3 aromatic rings. The predicted octanol–water partition coefficient (Wildman–Crippen LogP) is 5.04. The quantitative estimate of drug-likeness (QED) is 0.493. The summed E-state index contributed by atoms with van der Waals surface area (Å²) in [6.45, 7) is 6.39. The molecule has 1 amide bonds. The summed E-state index contributed by atoms with van der Waals surface area (Å²) in [7, 11) is 0. The predicted molar refractivity (Wildman–Crippen MR) is 137 cm³/mol. The van der Waals surface area contributed by atoms with E-state index in [0.29, 0.717) is 10.6 Å². The van der Waals surface area contributed by atoms with Crippen molar-refractivity contribution in [2.24, 2.45) is 0 Å². The highest BCUT2D eigenvalue weighted by molar-refractivity contribution is 6.31. The summed E-state index contributed by atoms with van der Waals surface area (Å²) in [4.78, 5) is 36.4. The minimum atomic E-state index is 0.0614. The maximum atomic E-state index is 13.6. The number of halogens is 1. The number of amides is 1. The Morgan fingerprint density at radius 3 is 2.21 bits per heavy atom. The Balaban J connectivity index is 1.44. The molecule has 34 heavy (non-hydrogen) atoms. The van der Waals surface area contributed by atoms with Crippen LogP contribution in [0, 0.1) is 0 Å². The van der Waals surface area contributed by atoms with Gasteiger partial charge in [0, 0.05) is 67.1 Å². The Hall–Kier alpha value is -3.12. The highest BCUT2D eigenvalue weighted by atomic mass is 35.5. The molecule has 2 aliphatic rings. The van der Waals surface area contributed by atoms with E-state index in [1.165, 1.54) is 6.42 Å². The molecule has 7 heteroatoms. The third-order valence-corrected chi connectivity index (χ3v) is 7.15. The van der Waals surface area contributed by atoms with Crippen LogP contribution in [-0.2, 0) is 0 Å². The average molecular weight is 477 g/mol. The number of piperidine rings is 1. The maximum Gasteiger partial charge on any atom is 0.257 e. The van der Waals surface area contributed by atoms with Crippen molar-refractivity contribution in [2.75, 3.05) is 49.1 Å². The number of Topliss-reactive ketones (excluding diaryl/α,β-unsaturated/α-hetero) is 1. The smallest absolute Gasteiger partial charge is 0.257 e. The lowest BCUT2D eigenvalue weighted by Gasteiger charge is -2.39. The number of ketones is 1.